The number of sulfonamides is 1. The molecule has 32 heavy (non-hydrogen) atoms. The van der Waals surface area contributed by atoms with Crippen LogP contribution in [0.25, 0.3) is 10.9 Å². The number of unbranched alkanes of at least 4 members (excludes halogenated alkanes) is 3. The summed E-state index contributed by atoms with van der Waals surface area (Å²) in [6.45, 7) is 2.71. The number of carbonyl (C=O) groups is 1. The van der Waals surface area contributed by atoms with Crippen LogP contribution >= 0.6 is 11.8 Å². The predicted octanol–water partition coefficient (Wildman–Crippen LogP) is 3.91. The molecule has 168 valence electrons. The van der Waals surface area contributed by atoms with E-state index in [0.717, 1.165) is 30.0 Å². The van der Waals surface area contributed by atoms with Gasteiger partial charge < -0.3 is 0 Å². The lowest BCUT2D eigenvalue weighted by Gasteiger charge is -2.16. The summed E-state index contributed by atoms with van der Waals surface area (Å²) < 4.78 is 28.1. The highest BCUT2D eigenvalue weighted by Crippen LogP contribution is 2.30. The number of nitrogens with zero attached hydrogens (tertiary/aromatic N) is 3. The van der Waals surface area contributed by atoms with E-state index in [4.69, 9.17) is 0 Å². The minimum absolute atomic E-state index is 0.0129. The van der Waals surface area contributed by atoms with Gasteiger partial charge in [-0.05, 0) is 30.7 Å². The number of thioether (sulfide) groups is 1. The first kappa shape index (κ1) is 22.5. The molecule has 1 aromatic heterocycles. The number of aromatic nitrogens is 2. The first-order chi connectivity index (χ1) is 15.4. The molecule has 3 aromatic rings. The van der Waals surface area contributed by atoms with Gasteiger partial charge in [0.05, 0.1) is 16.5 Å². The fourth-order valence-corrected chi connectivity index (χ4v) is 6.46. The van der Waals surface area contributed by atoms with Crippen molar-refractivity contribution in [3.05, 3.63) is 64.4 Å². The lowest BCUT2D eigenvalue weighted by Crippen LogP contribution is -2.32. The fourth-order valence-electron chi connectivity index (χ4n) is 3.82. The van der Waals surface area contributed by atoms with Crippen LogP contribution < -0.4 is 5.56 Å². The highest BCUT2D eigenvalue weighted by molar-refractivity contribution is 7.99. The van der Waals surface area contributed by atoms with Crippen molar-refractivity contribution in [2.45, 2.75) is 49.2 Å². The van der Waals surface area contributed by atoms with Gasteiger partial charge in [-0.15, -0.1) is 0 Å². The molecule has 0 unspecified atom stereocenters. The number of amides is 1. The van der Waals surface area contributed by atoms with Gasteiger partial charge in [0.1, 0.15) is 4.90 Å². The number of fused-ring (bicyclic) bond motifs is 2. The Balaban J connectivity index is 1.55. The molecule has 9 heteroatoms. The van der Waals surface area contributed by atoms with E-state index in [1.807, 2.05) is 12.1 Å². The first-order valence-electron chi connectivity index (χ1n) is 10.7. The minimum atomic E-state index is -3.84. The van der Waals surface area contributed by atoms with Gasteiger partial charge >= 0.3 is 0 Å². The molecule has 2 aromatic carbocycles. The monoisotopic (exact) mass is 471 g/mol. The van der Waals surface area contributed by atoms with Crippen LogP contribution in [0, 0.1) is 0 Å². The van der Waals surface area contributed by atoms with Crippen LogP contribution in [0.5, 0.6) is 0 Å². The molecule has 0 saturated heterocycles. The zero-order valence-electron chi connectivity index (χ0n) is 17.9. The molecule has 0 bridgehead atoms. The highest BCUT2D eigenvalue weighted by atomic mass is 32.2. The summed E-state index contributed by atoms with van der Waals surface area (Å²) in [6, 6.07) is 13.5. The maximum Gasteiger partial charge on any atom is 0.269 e. The van der Waals surface area contributed by atoms with Crippen LogP contribution in [0.2, 0.25) is 0 Å². The summed E-state index contributed by atoms with van der Waals surface area (Å²) in [5.74, 6) is -0.205. The normalized spacial score (nSPS) is 14.8. The molecule has 0 saturated carbocycles. The minimum Gasteiger partial charge on any atom is -0.287 e. The molecule has 0 aliphatic carbocycles. The van der Waals surface area contributed by atoms with Crippen LogP contribution in [0.3, 0.4) is 0 Å². The largest absolute Gasteiger partial charge is 0.287 e. The number of rotatable bonds is 9. The second-order valence-electron chi connectivity index (χ2n) is 7.66. The zero-order chi connectivity index (χ0) is 22.7. The maximum absolute atomic E-state index is 13.1. The Hall–Kier alpha value is -2.65. The third-order valence-electron chi connectivity index (χ3n) is 5.50. The number of hydrogen-bond acceptors (Lipinski definition) is 6. The van der Waals surface area contributed by atoms with E-state index < -0.39 is 15.9 Å². The molecule has 0 radical (unpaired) electrons. The summed E-state index contributed by atoms with van der Waals surface area (Å²) in [7, 11) is -3.84. The Bertz CT molecular complexity index is 1320. The zero-order valence-corrected chi connectivity index (χ0v) is 19.5. The topological polar surface area (TPSA) is 89.3 Å². The average Bonchev–Trinajstić information content (AvgIpc) is 2.99. The molecule has 2 heterocycles. The van der Waals surface area contributed by atoms with Crippen LogP contribution in [-0.2, 0) is 16.6 Å². The molecule has 4 rings (SSSR count). The summed E-state index contributed by atoms with van der Waals surface area (Å²) in [4.78, 5) is 30.4. The molecule has 0 spiro atoms. The van der Waals surface area contributed by atoms with Gasteiger partial charge in [0, 0.05) is 18.8 Å². The number of carbonyl (C=O) groups excluding carboxylic acids is 1. The number of para-hydroxylation sites is 1. The van der Waals surface area contributed by atoms with Crippen LogP contribution in [0.1, 0.15) is 43.0 Å². The second kappa shape index (κ2) is 9.46. The standard InChI is InChI=1S/C23H25N3O4S2/c1-2-3-4-9-14-25-21(27)17-10-5-7-12-19(17)24-23(25)31-16-15-26-22(28)18-11-6-8-13-20(18)32(26,29)30/h5-8,10-13H,2-4,9,14-16H2,1H3. The van der Waals surface area contributed by atoms with E-state index in [2.05, 4.69) is 11.9 Å². The van der Waals surface area contributed by atoms with Crippen molar-refractivity contribution in [3.8, 4) is 0 Å². The van der Waals surface area contributed by atoms with E-state index in [-0.39, 0.29) is 22.6 Å². The van der Waals surface area contributed by atoms with Gasteiger partial charge in [0.2, 0.25) is 0 Å². The number of hydrogen-bond donors (Lipinski definition) is 0. The average molecular weight is 472 g/mol. The third-order valence-corrected chi connectivity index (χ3v) is 8.30. The Morgan fingerprint density at radius 1 is 0.938 bits per heavy atom. The molecule has 1 amide bonds. The summed E-state index contributed by atoms with van der Waals surface area (Å²) >= 11 is 1.30. The van der Waals surface area contributed by atoms with Crippen molar-refractivity contribution in [2.75, 3.05) is 12.3 Å². The Morgan fingerprint density at radius 3 is 2.47 bits per heavy atom. The quantitative estimate of drug-likeness (QED) is 0.267. The lowest BCUT2D eigenvalue weighted by molar-refractivity contribution is 0.0876. The smallest absolute Gasteiger partial charge is 0.269 e. The maximum atomic E-state index is 13.1. The summed E-state index contributed by atoms with van der Waals surface area (Å²) in [5, 5.41) is 1.12. The van der Waals surface area contributed by atoms with Gasteiger partial charge in [-0.2, -0.15) is 0 Å². The van der Waals surface area contributed by atoms with Gasteiger partial charge in [-0.1, -0.05) is 62.2 Å². The SMILES string of the molecule is CCCCCCn1c(SCCN2C(=O)c3ccccc3S2(=O)=O)nc2ccccc2c1=O. The van der Waals surface area contributed by atoms with Crippen molar-refractivity contribution in [2.24, 2.45) is 0 Å². The van der Waals surface area contributed by atoms with E-state index >= 15 is 0 Å². The lowest BCUT2D eigenvalue weighted by atomic mass is 10.2. The van der Waals surface area contributed by atoms with Crippen LogP contribution in [0.4, 0.5) is 0 Å². The first-order valence-corrected chi connectivity index (χ1v) is 13.2. The van der Waals surface area contributed by atoms with E-state index in [0.29, 0.717) is 28.4 Å². The third kappa shape index (κ3) is 4.19. The summed E-state index contributed by atoms with van der Waals surface area (Å²) in [6.07, 6.45) is 4.11. The van der Waals surface area contributed by atoms with Crippen molar-refractivity contribution in [1.29, 1.82) is 0 Å². The molecular formula is C23H25N3O4S2. The van der Waals surface area contributed by atoms with E-state index in [1.165, 1.54) is 23.9 Å². The van der Waals surface area contributed by atoms with Gasteiger partial charge in [-0.3, -0.25) is 14.2 Å². The second-order valence-corrected chi connectivity index (χ2v) is 10.5. The molecule has 0 atom stereocenters. The Labute approximate surface area is 191 Å². The fraction of sp³-hybridized carbons (Fsp3) is 0.348. The van der Waals surface area contributed by atoms with Crippen molar-refractivity contribution >= 4 is 38.6 Å². The van der Waals surface area contributed by atoms with E-state index in [9.17, 15) is 18.0 Å². The Morgan fingerprint density at radius 2 is 1.69 bits per heavy atom. The van der Waals surface area contributed by atoms with Crippen molar-refractivity contribution < 1.29 is 13.2 Å². The van der Waals surface area contributed by atoms with Crippen LogP contribution in [-0.4, -0.2) is 40.5 Å². The summed E-state index contributed by atoms with van der Waals surface area (Å²) in [5.41, 5.74) is 0.725. The molecule has 0 N–H and O–H groups in total. The molecular weight excluding hydrogens is 446 g/mol. The van der Waals surface area contributed by atoms with E-state index in [1.54, 1.807) is 28.8 Å². The van der Waals surface area contributed by atoms with Crippen LogP contribution in [0.15, 0.2) is 63.4 Å². The van der Waals surface area contributed by atoms with Gasteiger partial charge in [-0.25, -0.2) is 17.7 Å². The molecule has 1 aliphatic rings. The molecule has 7 nitrogen and oxygen atoms in total. The molecule has 0 fully saturated rings. The predicted molar refractivity (Wildman–Crippen MR) is 126 cm³/mol. The van der Waals surface area contributed by atoms with Crippen molar-refractivity contribution in [3.63, 3.8) is 0 Å². The Kier molecular flexibility index (Phi) is 6.66. The number of benzene rings is 2. The van der Waals surface area contributed by atoms with Gasteiger partial charge in [0.15, 0.2) is 5.16 Å². The molecule has 1 aliphatic heterocycles. The van der Waals surface area contributed by atoms with Crippen molar-refractivity contribution in [1.82, 2.24) is 13.9 Å². The highest BCUT2D eigenvalue weighted by Gasteiger charge is 2.40. The van der Waals surface area contributed by atoms with Gasteiger partial charge in [0.25, 0.3) is 21.5 Å².